The molecule has 0 aliphatic rings. The molecule has 1 aromatic carbocycles. The average molecular weight is 292 g/mol. The van der Waals surface area contributed by atoms with Crippen molar-refractivity contribution in [3.8, 4) is 0 Å². The van der Waals surface area contributed by atoms with Crippen molar-refractivity contribution >= 4 is 17.5 Å². The maximum Gasteiger partial charge on any atom is 0.210 e. The van der Waals surface area contributed by atoms with Gasteiger partial charge in [-0.2, -0.15) is 0 Å². The fourth-order valence-electron chi connectivity index (χ4n) is 1.57. The molecular formula is C13H13FN4OS. The number of aromatic nitrogens is 4. The van der Waals surface area contributed by atoms with Crippen LogP contribution in [-0.2, 0) is 6.54 Å². The van der Waals surface area contributed by atoms with E-state index >= 15 is 0 Å². The van der Waals surface area contributed by atoms with Crippen molar-refractivity contribution in [1.82, 2.24) is 20.2 Å². The summed E-state index contributed by atoms with van der Waals surface area (Å²) in [5.74, 6) is -0.210. The van der Waals surface area contributed by atoms with Crippen LogP contribution in [0.4, 0.5) is 4.39 Å². The van der Waals surface area contributed by atoms with Gasteiger partial charge in [0.2, 0.25) is 5.16 Å². The predicted molar refractivity (Wildman–Crippen MR) is 74.2 cm³/mol. The van der Waals surface area contributed by atoms with Gasteiger partial charge in [0.05, 0.1) is 12.3 Å². The molecule has 5 nitrogen and oxygen atoms in total. The molecule has 0 saturated carbocycles. The topological polar surface area (TPSA) is 60.7 Å². The molecule has 0 radical (unpaired) electrons. The second-order valence-corrected chi connectivity index (χ2v) is 5.05. The van der Waals surface area contributed by atoms with E-state index in [-0.39, 0.29) is 17.4 Å². The molecule has 20 heavy (non-hydrogen) atoms. The molecule has 0 unspecified atom stereocenters. The quantitative estimate of drug-likeness (QED) is 0.464. The summed E-state index contributed by atoms with van der Waals surface area (Å²) < 4.78 is 14.7. The molecule has 2 rings (SSSR count). The van der Waals surface area contributed by atoms with Gasteiger partial charge in [0.15, 0.2) is 5.78 Å². The zero-order valence-electron chi connectivity index (χ0n) is 10.9. The number of aryl methyl sites for hydroxylation is 1. The zero-order chi connectivity index (χ0) is 14.5. The van der Waals surface area contributed by atoms with Gasteiger partial charge >= 0.3 is 0 Å². The van der Waals surface area contributed by atoms with E-state index in [0.717, 1.165) is 0 Å². The van der Waals surface area contributed by atoms with Gasteiger partial charge in [-0.3, -0.25) is 4.79 Å². The van der Waals surface area contributed by atoms with E-state index in [1.165, 1.54) is 23.9 Å². The first-order valence-electron chi connectivity index (χ1n) is 5.91. The molecule has 0 atom stereocenters. The Balaban J connectivity index is 2.02. The van der Waals surface area contributed by atoms with Gasteiger partial charge in [0.25, 0.3) is 0 Å². The van der Waals surface area contributed by atoms with Crippen molar-refractivity contribution in [3.05, 3.63) is 47.8 Å². The largest absolute Gasteiger partial charge is 0.293 e. The molecule has 104 valence electrons. The van der Waals surface area contributed by atoms with E-state index in [4.69, 9.17) is 0 Å². The summed E-state index contributed by atoms with van der Waals surface area (Å²) in [5, 5.41) is 11.7. The van der Waals surface area contributed by atoms with Crippen molar-refractivity contribution < 1.29 is 9.18 Å². The summed E-state index contributed by atoms with van der Waals surface area (Å²) in [7, 11) is 0. The van der Waals surface area contributed by atoms with Crippen molar-refractivity contribution in [3.63, 3.8) is 0 Å². The lowest BCUT2D eigenvalue weighted by Crippen LogP contribution is -2.06. The lowest BCUT2D eigenvalue weighted by Gasteiger charge is -2.03. The van der Waals surface area contributed by atoms with Crippen molar-refractivity contribution in [1.29, 1.82) is 0 Å². The maximum absolute atomic E-state index is 13.2. The highest BCUT2D eigenvalue weighted by atomic mass is 32.2. The Morgan fingerprint density at radius 1 is 1.55 bits per heavy atom. The molecular weight excluding hydrogens is 279 g/mol. The van der Waals surface area contributed by atoms with E-state index < -0.39 is 0 Å². The molecule has 0 bridgehead atoms. The van der Waals surface area contributed by atoms with E-state index in [1.54, 1.807) is 23.7 Å². The number of benzene rings is 1. The van der Waals surface area contributed by atoms with Gasteiger partial charge in [0.1, 0.15) is 5.82 Å². The highest BCUT2D eigenvalue weighted by Gasteiger charge is 2.12. The third kappa shape index (κ3) is 3.30. The Kier molecular flexibility index (Phi) is 4.62. The zero-order valence-corrected chi connectivity index (χ0v) is 11.7. The van der Waals surface area contributed by atoms with Gasteiger partial charge in [0, 0.05) is 5.56 Å². The number of rotatable bonds is 6. The molecule has 0 saturated heterocycles. The second-order valence-electron chi connectivity index (χ2n) is 4.11. The first-order chi connectivity index (χ1) is 9.61. The summed E-state index contributed by atoms with van der Waals surface area (Å²) in [6.07, 6.45) is 1.67. The number of carbonyl (C=O) groups is 1. The number of halogens is 1. The Bertz CT molecular complexity index is 641. The maximum atomic E-state index is 13.2. The number of ketones is 1. The average Bonchev–Trinajstić information content (AvgIpc) is 2.87. The predicted octanol–water partition coefficient (Wildman–Crippen LogP) is 2.28. The number of allylic oxidation sites excluding steroid dienone is 1. The lowest BCUT2D eigenvalue weighted by atomic mass is 10.1. The Morgan fingerprint density at radius 2 is 2.35 bits per heavy atom. The third-order valence-electron chi connectivity index (χ3n) is 2.61. The van der Waals surface area contributed by atoms with Crippen LogP contribution in [-0.4, -0.2) is 31.7 Å². The van der Waals surface area contributed by atoms with Crippen LogP contribution in [0.5, 0.6) is 0 Å². The van der Waals surface area contributed by atoms with Gasteiger partial charge in [-0.05, 0) is 41.1 Å². The summed E-state index contributed by atoms with van der Waals surface area (Å²) in [6, 6.07) is 4.33. The van der Waals surface area contributed by atoms with E-state index in [9.17, 15) is 9.18 Å². The normalized spacial score (nSPS) is 10.5. The van der Waals surface area contributed by atoms with Crippen LogP contribution in [0, 0.1) is 12.7 Å². The first kappa shape index (κ1) is 14.4. The summed E-state index contributed by atoms with van der Waals surface area (Å²) in [5.41, 5.74) is 0.941. The molecule has 7 heteroatoms. The van der Waals surface area contributed by atoms with Gasteiger partial charge < -0.3 is 0 Å². The number of Topliss-reactive ketones (excluding diaryl/α,β-unsaturated/α-hetero) is 1. The van der Waals surface area contributed by atoms with Crippen LogP contribution >= 0.6 is 11.8 Å². The molecule has 1 heterocycles. The molecule has 2 aromatic rings. The minimum atomic E-state index is -0.316. The Labute approximate surface area is 119 Å². The van der Waals surface area contributed by atoms with E-state index in [0.29, 0.717) is 22.8 Å². The van der Waals surface area contributed by atoms with Crippen LogP contribution in [0.15, 0.2) is 36.0 Å². The fraction of sp³-hybridized carbons (Fsp3) is 0.231. The van der Waals surface area contributed by atoms with Crippen LogP contribution in [0.3, 0.4) is 0 Å². The number of thioether (sulfide) groups is 1. The molecule has 0 N–H and O–H groups in total. The molecule has 0 aliphatic heterocycles. The Hall–Kier alpha value is -2.02. The number of nitrogens with zero attached hydrogens (tertiary/aromatic N) is 4. The molecule has 0 amide bonds. The van der Waals surface area contributed by atoms with Crippen LogP contribution in [0.25, 0.3) is 0 Å². The highest BCUT2D eigenvalue weighted by molar-refractivity contribution is 7.99. The van der Waals surface area contributed by atoms with Gasteiger partial charge in [-0.1, -0.05) is 17.8 Å². The van der Waals surface area contributed by atoms with E-state index in [2.05, 4.69) is 22.1 Å². The van der Waals surface area contributed by atoms with Gasteiger partial charge in [-0.25, -0.2) is 9.07 Å². The number of hydrogen-bond acceptors (Lipinski definition) is 5. The summed E-state index contributed by atoms with van der Waals surface area (Å²) in [6.45, 7) is 5.72. The van der Waals surface area contributed by atoms with E-state index in [1.807, 2.05) is 0 Å². The number of carbonyl (C=O) groups excluding carboxylic acids is 1. The summed E-state index contributed by atoms with van der Waals surface area (Å²) in [4.78, 5) is 12.0. The third-order valence-corrected chi connectivity index (χ3v) is 3.57. The molecule has 1 aromatic heterocycles. The molecule has 0 spiro atoms. The van der Waals surface area contributed by atoms with Crippen molar-refractivity contribution in [2.24, 2.45) is 0 Å². The van der Waals surface area contributed by atoms with Gasteiger partial charge in [-0.15, -0.1) is 11.7 Å². The minimum Gasteiger partial charge on any atom is -0.293 e. The minimum absolute atomic E-state index is 0.0914. The summed E-state index contributed by atoms with van der Waals surface area (Å²) >= 11 is 1.24. The number of tetrazole rings is 1. The van der Waals surface area contributed by atoms with Crippen LogP contribution in [0.1, 0.15) is 15.9 Å². The highest BCUT2D eigenvalue weighted by Crippen LogP contribution is 2.17. The van der Waals surface area contributed by atoms with Crippen molar-refractivity contribution in [2.75, 3.05) is 5.75 Å². The fourth-order valence-corrected chi connectivity index (χ4v) is 2.35. The smallest absolute Gasteiger partial charge is 0.210 e. The standard InChI is InChI=1S/C13H13FN4OS/c1-3-6-18-13(15-16-17-18)20-8-12(19)10-4-5-11(14)9(2)7-10/h3-5,7H,1,6,8H2,2H3. The second kappa shape index (κ2) is 6.42. The Morgan fingerprint density at radius 3 is 3.05 bits per heavy atom. The molecule has 0 fully saturated rings. The molecule has 0 aliphatic carbocycles. The van der Waals surface area contributed by atoms with Crippen molar-refractivity contribution in [2.45, 2.75) is 18.6 Å². The van der Waals surface area contributed by atoms with Crippen LogP contribution < -0.4 is 0 Å². The lowest BCUT2D eigenvalue weighted by molar-refractivity contribution is 0.102. The number of hydrogen-bond donors (Lipinski definition) is 0. The SMILES string of the molecule is C=CCn1nnnc1SCC(=O)c1ccc(F)c(C)c1. The van der Waals surface area contributed by atoms with Crippen LogP contribution in [0.2, 0.25) is 0 Å². The monoisotopic (exact) mass is 292 g/mol. The first-order valence-corrected chi connectivity index (χ1v) is 6.89.